The Morgan fingerprint density at radius 3 is 2.88 bits per heavy atom. The van der Waals surface area contributed by atoms with E-state index in [2.05, 4.69) is 45.8 Å². The SMILES string of the molecule is CC(C)=CCCN1CCC[C@@H](c2cc(N3CCOCC3)ncn2)C1. The fraction of sp³-hybridized carbons (Fsp3) is 0.684. The Labute approximate surface area is 145 Å². The molecule has 24 heavy (non-hydrogen) atoms. The largest absolute Gasteiger partial charge is 0.378 e. The van der Waals surface area contributed by atoms with Crippen LogP contribution in [0.2, 0.25) is 0 Å². The van der Waals surface area contributed by atoms with Crippen molar-refractivity contribution in [2.24, 2.45) is 0 Å². The van der Waals surface area contributed by atoms with Crippen molar-refractivity contribution >= 4 is 5.82 Å². The Balaban J connectivity index is 1.61. The van der Waals surface area contributed by atoms with Crippen molar-refractivity contribution in [2.75, 3.05) is 50.8 Å². The summed E-state index contributed by atoms with van der Waals surface area (Å²) in [5.74, 6) is 1.60. The van der Waals surface area contributed by atoms with E-state index in [9.17, 15) is 0 Å². The first-order valence-electron chi connectivity index (χ1n) is 9.23. The molecule has 2 fully saturated rings. The van der Waals surface area contributed by atoms with Gasteiger partial charge in [-0.05, 0) is 39.7 Å². The van der Waals surface area contributed by atoms with Crippen LogP contribution in [-0.2, 0) is 4.74 Å². The molecule has 0 bridgehead atoms. The summed E-state index contributed by atoms with van der Waals surface area (Å²) < 4.78 is 5.44. The van der Waals surface area contributed by atoms with E-state index in [1.807, 2.05) is 0 Å². The number of nitrogens with zero attached hydrogens (tertiary/aromatic N) is 4. The van der Waals surface area contributed by atoms with Crippen LogP contribution < -0.4 is 4.90 Å². The lowest BCUT2D eigenvalue weighted by atomic mass is 9.94. The standard InChI is InChI=1S/C19H30N4O/c1-16(2)5-3-7-22-8-4-6-17(14-22)18-13-19(21-15-20-18)23-9-11-24-12-10-23/h5,13,15,17H,3-4,6-12,14H2,1-2H3/t17-/m1/s1. The molecule has 132 valence electrons. The van der Waals surface area contributed by atoms with Gasteiger partial charge in [0.2, 0.25) is 0 Å². The second-order valence-electron chi connectivity index (χ2n) is 7.11. The molecule has 5 heteroatoms. The van der Waals surface area contributed by atoms with E-state index in [0.717, 1.165) is 51.6 Å². The molecule has 0 unspecified atom stereocenters. The zero-order chi connectivity index (χ0) is 16.8. The molecule has 0 N–H and O–H groups in total. The van der Waals surface area contributed by atoms with Gasteiger partial charge in [-0.15, -0.1) is 0 Å². The zero-order valence-electron chi connectivity index (χ0n) is 15.1. The summed E-state index contributed by atoms with van der Waals surface area (Å²) in [4.78, 5) is 14.0. The highest BCUT2D eigenvalue weighted by molar-refractivity contribution is 5.40. The summed E-state index contributed by atoms with van der Waals surface area (Å²) in [6, 6.07) is 2.20. The lowest BCUT2D eigenvalue weighted by molar-refractivity contribution is 0.122. The van der Waals surface area contributed by atoms with Crippen LogP contribution in [0.25, 0.3) is 0 Å². The molecule has 5 nitrogen and oxygen atoms in total. The van der Waals surface area contributed by atoms with Crippen LogP contribution in [0.5, 0.6) is 0 Å². The summed E-state index contributed by atoms with van der Waals surface area (Å²) >= 11 is 0. The average Bonchev–Trinajstić information content (AvgIpc) is 2.63. The quantitative estimate of drug-likeness (QED) is 0.777. The molecule has 3 heterocycles. The van der Waals surface area contributed by atoms with Crippen molar-refractivity contribution in [1.82, 2.24) is 14.9 Å². The van der Waals surface area contributed by atoms with Gasteiger partial charge >= 0.3 is 0 Å². The first-order chi connectivity index (χ1) is 11.7. The minimum Gasteiger partial charge on any atom is -0.378 e. The predicted molar refractivity (Wildman–Crippen MR) is 97.5 cm³/mol. The molecule has 2 saturated heterocycles. The summed E-state index contributed by atoms with van der Waals surface area (Å²) in [5, 5.41) is 0. The highest BCUT2D eigenvalue weighted by Crippen LogP contribution is 2.27. The molecule has 0 amide bonds. The van der Waals surface area contributed by atoms with Gasteiger partial charge in [0.05, 0.1) is 18.9 Å². The predicted octanol–water partition coefficient (Wildman–Crippen LogP) is 2.85. The Kier molecular flexibility index (Phi) is 6.21. The van der Waals surface area contributed by atoms with Crippen LogP contribution in [0.3, 0.4) is 0 Å². The topological polar surface area (TPSA) is 41.5 Å². The van der Waals surface area contributed by atoms with Gasteiger partial charge in [-0.3, -0.25) is 0 Å². The van der Waals surface area contributed by atoms with Crippen LogP contribution in [0, 0.1) is 0 Å². The van der Waals surface area contributed by atoms with E-state index in [-0.39, 0.29) is 0 Å². The number of likely N-dealkylation sites (tertiary alicyclic amines) is 1. The lowest BCUT2D eigenvalue weighted by Crippen LogP contribution is -2.37. The Morgan fingerprint density at radius 2 is 2.08 bits per heavy atom. The molecule has 1 aromatic heterocycles. The monoisotopic (exact) mass is 330 g/mol. The molecule has 0 radical (unpaired) electrons. The maximum absolute atomic E-state index is 5.44. The van der Waals surface area contributed by atoms with Gasteiger partial charge in [-0.1, -0.05) is 11.6 Å². The Hall–Kier alpha value is -1.46. The minimum atomic E-state index is 0.535. The van der Waals surface area contributed by atoms with E-state index in [4.69, 9.17) is 4.74 Å². The third kappa shape index (κ3) is 4.77. The van der Waals surface area contributed by atoms with Crippen LogP contribution in [-0.4, -0.2) is 60.8 Å². The molecule has 0 aromatic carbocycles. The highest BCUT2D eigenvalue weighted by atomic mass is 16.5. The van der Waals surface area contributed by atoms with Crippen LogP contribution in [0.4, 0.5) is 5.82 Å². The molecule has 1 atom stereocenters. The summed E-state index contributed by atoms with van der Waals surface area (Å²) in [6.45, 7) is 11.3. The molecule has 1 aromatic rings. The highest BCUT2D eigenvalue weighted by Gasteiger charge is 2.23. The second-order valence-corrected chi connectivity index (χ2v) is 7.11. The molecular weight excluding hydrogens is 300 g/mol. The number of morpholine rings is 1. The van der Waals surface area contributed by atoms with E-state index in [1.54, 1.807) is 6.33 Å². The van der Waals surface area contributed by atoms with Gasteiger partial charge in [-0.25, -0.2) is 9.97 Å². The van der Waals surface area contributed by atoms with Gasteiger partial charge in [0.15, 0.2) is 0 Å². The van der Waals surface area contributed by atoms with Crippen LogP contribution >= 0.6 is 0 Å². The second kappa shape index (κ2) is 8.58. The van der Waals surface area contributed by atoms with E-state index in [0.29, 0.717) is 5.92 Å². The van der Waals surface area contributed by atoms with Crippen molar-refractivity contribution < 1.29 is 4.74 Å². The molecule has 0 saturated carbocycles. The number of hydrogen-bond acceptors (Lipinski definition) is 5. The molecular formula is C19H30N4O. The fourth-order valence-corrected chi connectivity index (χ4v) is 3.59. The van der Waals surface area contributed by atoms with Crippen LogP contribution in [0.1, 0.15) is 44.7 Å². The van der Waals surface area contributed by atoms with E-state index >= 15 is 0 Å². The smallest absolute Gasteiger partial charge is 0.132 e. The van der Waals surface area contributed by atoms with Crippen molar-refractivity contribution in [3.63, 3.8) is 0 Å². The Bertz CT molecular complexity index is 550. The zero-order valence-corrected chi connectivity index (χ0v) is 15.1. The normalized spacial score (nSPS) is 22.4. The number of hydrogen-bond donors (Lipinski definition) is 0. The van der Waals surface area contributed by atoms with Gasteiger partial charge in [0, 0.05) is 38.2 Å². The van der Waals surface area contributed by atoms with Gasteiger partial charge in [0.1, 0.15) is 12.1 Å². The third-order valence-corrected chi connectivity index (χ3v) is 4.93. The van der Waals surface area contributed by atoms with Gasteiger partial charge < -0.3 is 14.5 Å². The van der Waals surface area contributed by atoms with Crippen molar-refractivity contribution in [3.8, 4) is 0 Å². The van der Waals surface area contributed by atoms with Gasteiger partial charge in [-0.2, -0.15) is 0 Å². The van der Waals surface area contributed by atoms with Crippen molar-refractivity contribution in [3.05, 3.63) is 29.7 Å². The number of allylic oxidation sites excluding steroid dienone is 1. The number of rotatable bonds is 5. The fourth-order valence-electron chi connectivity index (χ4n) is 3.59. The van der Waals surface area contributed by atoms with Crippen molar-refractivity contribution in [1.29, 1.82) is 0 Å². The first-order valence-corrected chi connectivity index (χ1v) is 9.23. The number of anilines is 1. The molecule has 3 rings (SSSR count). The van der Waals surface area contributed by atoms with Crippen LogP contribution in [0.15, 0.2) is 24.0 Å². The van der Waals surface area contributed by atoms with Crippen molar-refractivity contribution in [2.45, 2.75) is 39.0 Å². The Morgan fingerprint density at radius 1 is 1.25 bits per heavy atom. The summed E-state index contributed by atoms with van der Waals surface area (Å²) in [5.41, 5.74) is 2.62. The molecule has 0 aliphatic carbocycles. The minimum absolute atomic E-state index is 0.535. The molecule has 2 aliphatic heterocycles. The first kappa shape index (κ1) is 17.4. The maximum atomic E-state index is 5.44. The number of piperidine rings is 1. The summed E-state index contributed by atoms with van der Waals surface area (Å²) in [7, 11) is 0. The average molecular weight is 330 g/mol. The molecule has 0 spiro atoms. The van der Waals surface area contributed by atoms with E-state index < -0.39 is 0 Å². The summed E-state index contributed by atoms with van der Waals surface area (Å²) in [6.07, 6.45) is 7.72. The van der Waals surface area contributed by atoms with Gasteiger partial charge in [0.25, 0.3) is 0 Å². The lowest BCUT2D eigenvalue weighted by Gasteiger charge is -2.33. The molecule has 2 aliphatic rings. The third-order valence-electron chi connectivity index (χ3n) is 4.93. The number of aromatic nitrogens is 2. The maximum Gasteiger partial charge on any atom is 0.132 e. The van der Waals surface area contributed by atoms with E-state index in [1.165, 1.54) is 30.7 Å². The number of ether oxygens (including phenoxy) is 1.